The molecule has 2 aromatic carbocycles. The van der Waals surface area contributed by atoms with Gasteiger partial charge in [0.25, 0.3) is 0 Å². The van der Waals surface area contributed by atoms with Gasteiger partial charge in [0.15, 0.2) is 17.8 Å². The number of halogens is 1. The number of nitrogens with one attached hydrogen (secondary N) is 1. The van der Waals surface area contributed by atoms with Crippen molar-refractivity contribution in [2.75, 3.05) is 25.5 Å². The third-order valence-corrected chi connectivity index (χ3v) is 12.3. The Morgan fingerprint density at radius 2 is 1.57 bits per heavy atom. The molecular weight excluding hydrogens is 690 g/mol. The fourth-order valence-corrected chi connectivity index (χ4v) is 8.03. The van der Waals surface area contributed by atoms with Crippen LogP contribution in [0.3, 0.4) is 0 Å². The summed E-state index contributed by atoms with van der Waals surface area (Å²) in [6.07, 6.45) is 11.1. The zero-order chi connectivity index (χ0) is 37.2. The van der Waals surface area contributed by atoms with Gasteiger partial charge in [-0.1, -0.05) is 114 Å². The number of sulfonamides is 1. The van der Waals surface area contributed by atoms with Crippen LogP contribution in [0.25, 0.3) is 0 Å². The van der Waals surface area contributed by atoms with E-state index >= 15 is 0 Å². The summed E-state index contributed by atoms with van der Waals surface area (Å²) in [5.41, 5.74) is -0.134. The number of nitrogens with zero attached hydrogens (tertiary/aromatic N) is 2. The van der Waals surface area contributed by atoms with E-state index in [0.717, 1.165) is 31.2 Å². The van der Waals surface area contributed by atoms with Crippen LogP contribution in [0.5, 0.6) is 0 Å². The highest BCUT2D eigenvalue weighted by molar-refractivity contribution is 7.89. The van der Waals surface area contributed by atoms with Crippen LogP contribution in [0.4, 0.5) is 5.69 Å². The predicted molar refractivity (Wildman–Crippen MR) is 198 cm³/mol. The van der Waals surface area contributed by atoms with E-state index in [1.807, 2.05) is 30.3 Å². The molecule has 0 radical (unpaired) electrons. The molecule has 12 heteroatoms. The maximum atomic E-state index is 14.1. The number of ketones is 2. The minimum absolute atomic E-state index is 0.0331. The molecule has 4 rings (SSSR count). The number of hydrogen-bond acceptors (Lipinski definition) is 7. The van der Waals surface area contributed by atoms with E-state index in [9.17, 15) is 27.6 Å². The number of rotatable bonds is 22. The zero-order valence-corrected chi connectivity index (χ0v) is 32.1. The third-order valence-electron chi connectivity index (χ3n) is 10.1. The van der Waals surface area contributed by atoms with E-state index in [2.05, 4.69) is 12.2 Å². The van der Waals surface area contributed by atoms with Crippen molar-refractivity contribution in [3.63, 3.8) is 0 Å². The number of hydrogen-bond donors (Lipinski definition) is 1. The standard InChI is InChI=1S/C39H54ClN3O7S/c1-5-7-8-9-10-11-12-13-14-18-25-42(4)51(48,49)29-21-22-30(40)31(26-29)41-36(46)33(35(45)39(3)23-24-39)32-34(44)38(50-6-2)43(37(32)47)27-28-19-16-15-17-20-28/h15-17,19-22,26,32-33,38H,5-14,18,23-25,27H2,1-4H3,(H,41,46). The quantitative estimate of drug-likeness (QED) is 0.0983. The van der Waals surface area contributed by atoms with E-state index in [0.29, 0.717) is 19.4 Å². The van der Waals surface area contributed by atoms with E-state index in [1.165, 1.54) is 73.0 Å². The van der Waals surface area contributed by atoms with Gasteiger partial charge in [-0.3, -0.25) is 19.2 Å². The Bertz CT molecular complexity index is 1630. The van der Waals surface area contributed by atoms with E-state index in [4.69, 9.17) is 16.3 Å². The number of likely N-dealkylation sites (tertiary alicyclic amines) is 1. The Balaban J connectivity index is 1.48. The first-order valence-electron chi connectivity index (χ1n) is 18.5. The van der Waals surface area contributed by atoms with Crippen LogP contribution in [-0.2, 0) is 40.5 Å². The molecule has 1 N–H and O–H groups in total. The minimum Gasteiger partial charge on any atom is -0.351 e. The topological polar surface area (TPSA) is 130 Å². The Morgan fingerprint density at radius 3 is 2.16 bits per heavy atom. The van der Waals surface area contributed by atoms with Crippen molar-refractivity contribution in [1.29, 1.82) is 0 Å². The van der Waals surface area contributed by atoms with Crippen molar-refractivity contribution in [2.45, 2.75) is 115 Å². The van der Waals surface area contributed by atoms with Crippen molar-refractivity contribution < 1.29 is 32.3 Å². The summed E-state index contributed by atoms with van der Waals surface area (Å²) in [5.74, 6) is -6.00. The molecule has 0 spiro atoms. The van der Waals surface area contributed by atoms with Gasteiger partial charge in [0.05, 0.1) is 15.6 Å². The lowest BCUT2D eigenvalue weighted by molar-refractivity contribution is -0.146. The number of amides is 2. The summed E-state index contributed by atoms with van der Waals surface area (Å²) < 4.78 is 34.1. The molecule has 0 bridgehead atoms. The van der Waals surface area contributed by atoms with E-state index < -0.39 is 56.9 Å². The predicted octanol–water partition coefficient (Wildman–Crippen LogP) is 7.40. The molecule has 1 saturated carbocycles. The minimum atomic E-state index is -3.93. The van der Waals surface area contributed by atoms with Crippen LogP contribution in [-0.4, -0.2) is 67.4 Å². The number of ether oxygens (including phenoxy) is 1. The monoisotopic (exact) mass is 743 g/mol. The third kappa shape index (κ3) is 10.3. The first-order chi connectivity index (χ1) is 24.4. The van der Waals surface area contributed by atoms with Crippen molar-refractivity contribution in [1.82, 2.24) is 9.21 Å². The van der Waals surface area contributed by atoms with Crippen LogP contribution in [0, 0.1) is 17.3 Å². The van der Waals surface area contributed by atoms with E-state index in [-0.39, 0.29) is 28.8 Å². The highest BCUT2D eigenvalue weighted by Gasteiger charge is 2.59. The lowest BCUT2D eigenvalue weighted by Gasteiger charge is -2.24. The molecule has 0 aromatic heterocycles. The van der Waals surface area contributed by atoms with Crippen LogP contribution >= 0.6 is 11.6 Å². The van der Waals surface area contributed by atoms with Crippen molar-refractivity contribution in [2.24, 2.45) is 17.3 Å². The van der Waals surface area contributed by atoms with Crippen LogP contribution in [0.1, 0.15) is 103 Å². The molecule has 1 saturated heterocycles. The highest BCUT2D eigenvalue weighted by atomic mass is 35.5. The Labute approximate surface area is 308 Å². The molecule has 2 aliphatic rings. The van der Waals surface area contributed by atoms with Gasteiger partial charge < -0.3 is 15.0 Å². The zero-order valence-electron chi connectivity index (χ0n) is 30.5. The van der Waals surface area contributed by atoms with Gasteiger partial charge >= 0.3 is 0 Å². The number of carbonyl (C=O) groups is 4. The molecule has 1 aliphatic carbocycles. The Kier molecular flexibility index (Phi) is 14.8. The Morgan fingerprint density at radius 1 is 0.961 bits per heavy atom. The molecular formula is C39H54ClN3O7S. The first kappa shape index (κ1) is 40.6. The lowest BCUT2D eigenvalue weighted by atomic mass is 9.80. The molecule has 51 heavy (non-hydrogen) atoms. The average molecular weight is 744 g/mol. The van der Waals surface area contributed by atoms with Crippen LogP contribution in [0.15, 0.2) is 53.4 Å². The molecule has 3 atom stereocenters. The largest absolute Gasteiger partial charge is 0.351 e. The SMILES string of the molecule is CCCCCCCCCCCCN(C)S(=O)(=O)c1ccc(Cl)c(NC(=O)C(C(=O)C2(C)CC2)C2C(=O)C(OCC)N(Cc3ccccc3)C2=O)c1. The summed E-state index contributed by atoms with van der Waals surface area (Å²) in [7, 11) is -2.41. The molecule has 2 aromatic rings. The second-order valence-electron chi connectivity index (χ2n) is 14.2. The number of anilines is 1. The van der Waals surface area contributed by atoms with Gasteiger partial charge in [0, 0.05) is 32.2 Å². The maximum absolute atomic E-state index is 14.1. The fourth-order valence-electron chi connectivity index (χ4n) is 6.63. The average Bonchev–Trinajstić information content (AvgIpc) is 3.83. The summed E-state index contributed by atoms with van der Waals surface area (Å²) in [5, 5.41) is 2.67. The molecule has 1 heterocycles. The normalized spacial score (nSPS) is 19.1. The summed E-state index contributed by atoms with van der Waals surface area (Å²) >= 11 is 6.46. The van der Waals surface area contributed by atoms with Gasteiger partial charge in [-0.05, 0) is 49.9 Å². The molecule has 280 valence electrons. The second kappa shape index (κ2) is 18.6. The smallest absolute Gasteiger partial charge is 0.242 e. The number of carbonyl (C=O) groups excluding carboxylic acids is 4. The van der Waals surface area contributed by atoms with Gasteiger partial charge in [-0.15, -0.1) is 0 Å². The summed E-state index contributed by atoms with van der Waals surface area (Å²) in [4.78, 5) is 57.1. The molecule has 10 nitrogen and oxygen atoms in total. The van der Waals surface area contributed by atoms with Gasteiger partial charge in [-0.2, -0.15) is 0 Å². The van der Waals surface area contributed by atoms with Crippen molar-refractivity contribution in [3.8, 4) is 0 Å². The number of unbranched alkanes of at least 4 members (excludes halogenated alkanes) is 9. The van der Waals surface area contributed by atoms with Crippen molar-refractivity contribution >= 4 is 50.7 Å². The molecule has 2 fully saturated rings. The highest BCUT2D eigenvalue weighted by Crippen LogP contribution is 2.49. The number of Topliss-reactive ketones (excluding diaryl/α,β-unsaturated/α-hetero) is 2. The van der Waals surface area contributed by atoms with Crippen molar-refractivity contribution in [3.05, 3.63) is 59.1 Å². The van der Waals surface area contributed by atoms with E-state index in [1.54, 1.807) is 13.8 Å². The van der Waals surface area contributed by atoms with Gasteiger partial charge in [0.1, 0.15) is 11.8 Å². The number of benzene rings is 2. The molecule has 3 unspecified atom stereocenters. The first-order valence-corrected chi connectivity index (χ1v) is 20.3. The molecule has 2 amide bonds. The van der Waals surface area contributed by atoms with Gasteiger partial charge in [0.2, 0.25) is 21.8 Å². The van der Waals surface area contributed by atoms with Crippen LogP contribution < -0.4 is 5.32 Å². The lowest BCUT2D eigenvalue weighted by Crippen LogP contribution is -2.44. The maximum Gasteiger partial charge on any atom is 0.242 e. The fraction of sp³-hybridized carbons (Fsp3) is 0.590. The summed E-state index contributed by atoms with van der Waals surface area (Å²) in [6, 6.07) is 13.1. The molecule has 1 aliphatic heterocycles. The Hall–Kier alpha value is -3.12. The summed E-state index contributed by atoms with van der Waals surface area (Å²) in [6.45, 7) is 6.15. The van der Waals surface area contributed by atoms with Gasteiger partial charge in [-0.25, -0.2) is 12.7 Å². The van der Waals surface area contributed by atoms with Crippen LogP contribution in [0.2, 0.25) is 5.02 Å². The second-order valence-corrected chi connectivity index (χ2v) is 16.6.